The molecule has 2 aromatic rings. The number of alkyl halides is 1. The lowest BCUT2D eigenvalue weighted by atomic mass is 9.66. The van der Waals surface area contributed by atoms with Crippen molar-refractivity contribution in [1.29, 1.82) is 0 Å². The molecule has 0 saturated carbocycles. The van der Waals surface area contributed by atoms with Gasteiger partial charge in [-0.15, -0.1) is 11.6 Å². The summed E-state index contributed by atoms with van der Waals surface area (Å²) in [5.41, 5.74) is 1.24. The molecule has 3 rings (SSSR count). The number of benzene rings is 2. The first-order chi connectivity index (χ1) is 11.2. The van der Waals surface area contributed by atoms with Crippen LogP contribution < -0.4 is 0 Å². The van der Waals surface area contributed by atoms with Gasteiger partial charge in [0, 0.05) is 11.8 Å². The predicted molar refractivity (Wildman–Crippen MR) is 91.2 cm³/mol. The summed E-state index contributed by atoms with van der Waals surface area (Å²) in [7, 11) is 1.54. The number of hydrogen-bond acceptors (Lipinski definition) is 2. The van der Waals surface area contributed by atoms with Gasteiger partial charge in [-0.1, -0.05) is 60.7 Å². The number of hydrogen-bond donors (Lipinski definition) is 0. The zero-order valence-corrected chi connectivity index (χ0v) is 13.9. The van der Waals surface area contributed by atoms with Gasteiger partial charge in [-0.25, -0.2) is 5.06 Å². The Morgan fingerprint density at radius 1 is 1.09 bits per heavy atom. The molecule has 120 valence electrons. The number of amides is 1. The van der Waals surface area contributed by atoms with Gasteiger partial charge >= 0.3 is 0 Å². The first-order valence-corrected chi connectivity index (χ1v) is 8.31. The van der Waals surface area contributed by atoms with Crippen molar-refractivity contribution in [2.24, 2.45) is 5.92 Å². The molecule has 23 heavy (non-hydrogen) atoms. The highest BCUT2D eigenvalue weighted by Gasteiger charge is 2.56. The second-order valence-corrected chi connectivity index (χ2v) is 6.14. The third-order valence-corrected chi connectivity index (χ3v) is 4.92. The highest BCUT2D eigenvalue weighted by atomic mass is 35.5. The zero-order chi connectivity index (χ0) is 16.3. The highest BCUT2D eigenvalue weighted by Crippen LogP contribution is 2.47. The van der Waals surface area contributed by atoms with E-state index in [1.54, 1.807) is 7.11 Å². The van der Waals surface area contributed by atoms with Gasteiger partial charge in [-0.05, 0) is 17.5 Å². The summed E-state index contributed by atoms with van der Waals surface area (Å²) in [6, 6.07) is 19.9. The molecule has 0 aliphatic carbocycles. The van der Waals surface area contributed by atoms with E-state index in [0.717, 1.165) is 17.5 Å². The molecule has 1 atom stereocenters. The molecule has 0 N–H and O–H groups in total. The largest absolute Gasteiger partial charge is 0.274 e. The maximum absolute atomic E-state index is 13.3. The number of hydroxylamine groups is 2. The van der Waals surface area contributed by atoms with Crippen LogP contribution in [0.1, 0.15) is 17.5 Å². The van der Waals surface area contributed by atoms with E-state index in [-0.39, 0.29) is 11.8 Å². The molecule has 1 fully saturated rings. The lowest BCUT2D eigenvalue weighted by Gasteiger charge is -2.33. The molecular formula is C19H20ClNO2. The second-order valence-electron chi connectivity index (χ2n) is 5.76. The van der Waals surface area contributed by atoms with Crippen LogP contribution in [0.25, 0.3) is 0 Å². The second kappa shape index (κ2) is 6.73. The van der Waals surface area contributed by atoms with Crippen LogP contribution in [0.2, 0.25) is 0 Å². The summed E-state index contributed by atoms with van der Waals surface area (Å²) in [5.74, 6) is 0.557. The smallest absolute Gasteiger partial charge is 0.261 e. The molecular weight excluding hydrogens is 310 g/mol. The lowest BCUT2D eigenvalue weighted by molar-refractivity contribution is -0.170. The minimum atomic E-state index is -0.743. The van der Waals surface area contributed by atoms with Gasteiger partial charge in [0.2, 0.25) is 0 Å². The molecule has 0 aromatic heterocycles. The van der Waals surface area contributed by atoms with E-state index in [2.05, 4.69) is 0 Å². The summed E-state index contributed by atoms with van der Waals surface area (Å²) in [6.45, 7) is 0.547. The van der Waals surface area contributed by atoms with Crippen molar-refractivity contribution in [2.75, 3.05) is 19.5 Å². The minimum Gasteiger partial charge on any atom is -0.274 e. The zero-order valence-electron chi connectivity index (χ0n) is 13.1. The maximum Gasteiger partial charge on any atom is 0.261 e. The lowest BCUT2D eigenvalue weighted by Crippen LogP contribution is -2.42. The highest BCUT2D eigenvalue weighted by molar-refractivity contribution is 6.17. The minimum absolute atomic E-state index is 0.0208. The molecule has 1 amide bonds. The van der Waals surface area contributed by atoms with Crippen molar-refractivity contribution < 1.29 is 9.63 Å². The fourth-order valence-electron chi connectivity index (χ4n) is 3.68. The number of halogens is 1. The van der Waals surface area contributed by atoms with Crippen LogP contribution in [-0.2, 0) is 15.0 Å². The van der Waals surface area contributed by atoms with Gasteiger partial charge in [-0.3, -0.25) is 9.63 Å². The standard InChI is InChI=1S/C19H20ClNO2/c1-23-21-14-17(12-13-20)19(18(21)22,15-8-4-2-5-9-15)16-10-6-3-7-11-16/h2-11,17H,12-14H2,1H3. The Labute approximate surface area is 141 Å². The van der Waals surface area contributed by atoms with E-state index in [9.17, 15) is 4.79 Å². The van der Waals surface area contributed by atoms with Crippen LogP contribution in [0.3, 0.4) is 0 Å². The Hall–Kier alpha value is -1.84. The van der Waals surface area contributed by atoms with Gasteiger partial charge in [-0.2, -0.15) is 0 Å². The fraction of sp³-hybridized carbons (Fsp3) is 0.316. The van der Waals surface area contributed by atoms with E-state index in [0.29, 0.717) is 12.4 Å². The van der Waals surface area contributed by atoms with Crippen molar-refractivity contribution in [1.82, 2.24) is 5.06 Å². The van der Waals surface area contributed by atoms with Gasteiger partial charge in [0.15, 0.2) is 0 Å². The number of carbonyl (C=O) groups is 1. The van der Waals surface area contributed by atoms with Crippen LogP contribution in [-0.4, -0.2) is 30.5 Å². The fourth-order valence-corrected chi connectivity index (χ4v) is 3.94. The van der Waals surface area contributed by atoms with Crippen molar-refractivity contribution in [3.05, 3.63) is 71.8 Å². The molecule has 3 nitrogen and oxygen atoms in total. The number of nitrogens with zero attached hydrogens (tertiary/aromatic N) is 1. The first kappa shape index (κ1) is 16.0. The van der Waals surface area contributed by atoms with Crippen LogP contribution in [0.5, 0.6) is 0 Å². The third-order valence-electron chi connectivity index (χ3n) is 4.70. The Morgan fingerprint density at radius 2 is 1.61 bits per heavy atom. The summed E-state index contributed by atoms with van der Waals surface area (Å²) in [5, 5.41) is 1.47. The normalized spacial score (nSPS) is 20.0. The SMILES string of the molecule is CON1CC(CCCl)C(c2ccccc2)(c2ccccc2)C1=O. The molecule has 0 bridgehead atoms. The van der Waals surface area contributed by atoms with Crippen molar-refractivity contribution >= 4 is 17.5 Å². The average Bonchev–Trinajstić information content (AvgIpc) is 2.89. The van der Waals surface area contributed by atoms with E-state index >= 15 is 0 Å². The number of rotatable bonds is 5. The van der Waals surface area contributed by atoms with Gasteiger partial charge < -0.3 is 0 Å². The molecule has 0 spiro atoms. The molecule has 2 aromatic carbocycles. The Bertz CT molecular complexity index is 620. The Morgan fingerprint density at radius 3 is 2.04 bits per heavy atom. The van der Waals surface area contributed by atoms with Crippen molar-refractivity contribution in [3.8, 4) is 0 Å². The van der Waals surface area contributed by atoms with Crippen LogP contribution >= 0.6 is 11.6 Å². The molecule has 4 heteroatoms. The molecule has 1 heterocycles. The monoisotopic (exact) mass is 329 g/mol. The summed E-state index contributed by atoms with van der Waals surface area (Å²) >= 11 is 6.05. The number of carbonyl (C=O) groups excluding carboxylic acids is 1. The molecule has 1 saturated heterocycles. The first-order valence-electron chi connectivity index (χ1n) is 7.78. The Kier molecular flexibility index (Phi) is 4.69. The van der Waals surface area contributed by atoms with Crippen LogP contribution in [0, 0.1) is 5.92 Å². The van der Waals surface area contributed by atoms with Gasteiger partial charge in [0.1, 0.15) is 5.41 Å². The third kappa shape index (κ3) is 2.54. The van der Waals surface area contributed by atoms with Crippen molar-refractivity contribution in [3.63, 3.8) is 0 Å². The summed E-state index contributed by atoms with van der Waals surface area (Å²) in [6.07, 6.45) is 0.747. The van der Waals surface area contributed by atoms with Crippen LogP contribution in [0.4, 0.5) is 0 Å². The van der Waals surface area contributed by atoms with E-state index in [1.807, 2.05) is 60.7 Å². The quantitative estimate of drug-likeness (QED) is 0.784. The average molecular weight is 330 g/mol. The van der Waals surface area contributed by atoms with Gasteiger partial charge in [0.25, 0.3) is 5.91 Å². The van der Waals surface area contributed by atoms with Crippen molar-refractivity contribution in [2.45, 2.75) is 11.8 Å². The maximum atomic E-state index is 13.3. The molecule has 1 aliphatic rings. The topological polar surface area (TPSA) is 29.5 Å². The van der Waals surface area contributed by atoms with Crippen LogP contribution in [0.15, 0.2) is 60.7 Å². The van der Waals surface area contributed by atoms with E-state index in [1.165, 1.54) is 5.06 Å². The molecule has 1 aliphatic heterocycles. The van der Waals surface area contributed by atoms with E-state index < -0.39 is 5.41 Å². The van der Waals surface area contributed by atoms with E-state index in [4.69, 9.17) is 16.4 Å². The molecule has 1 unspecified atom stereocenters. The predicted octanol–water partition coefficient (Wildman–Crippen LogP) is 3.62. The summed E-state index contributed by atoms with van der Waals surface area (Å²) < 4.78 is 0. The van der Waals surface area contributed by atoms with Gasteiger partial charge in [0.05, 0.1) is 13.7 Å². The Balaban J connectivity index is 2.24. The molecule has 0 radical (unpaired) electrons. The summed E-state index contributed by atoms with van der Waals surface area (Å²) in [4.78, 5) is 18.6.